The van der Waals surface area contributed by atoms with E-state index < -0.39 is 0 Å². The van der Waals surface area contributed by atoms with Crippen molar-refractivity contribution in [3.8, 4) is 10.4 Å². The highest BCUT2D eigenvalue weighted by Crippen LogP contribution is 2.30. The van der Waals surface area contributed by atoms with Gasteiger partial charge in [-0.25, -0.2) is 4.98 Å². The van der Waals surface area contributed by atoms with E-state index in [-0.39, 0.29) is 0 Å². The molecule has 0 fully saturated rings. The van der Waals surface area contributed by atoms with Gasteiger partial charge in [0, 0.05) is 6.42 Å². The van der Waals surface area contributed by atoms with Gasteiger partial charge in [0.15, 0.2) is 0 Å². The number of rotatable bonds is 3. The lowest BCUT2D eigenvalue weighted by Crippen LogP contribution is -2.03. The number of benzene rings is 1. The van der Waals surface area contributed by atoms with Gasteiger partial charge in [0.2, 0.25) is 0 Å². The third kappa shape index (κ3) is 2.31. The van der Waals surface area contributed by atoms with Crippen molar-refractivity contribution in [3.63, 3.8) is 0 Å². The van der Waals surface area contributed by atoms with Crippen LogP contribution in [-0.2, 0) is 6.42 Å². The van der Waals surface area contributed by atoms with Crippen LogP contribution in [-0.4, -0.2) is 11.5 Å². The van der Waals surface area contributed by atoms with Gasteiger partial charge >= 0.3 is 0 Å². The summed E-state index contributed by atoms with van der Waals surface area (Å²) in [5.74, 6) is 0. The molecule has 0 radical (unpaired) electrons. The van der Waals surface area contributed by atoms with Crippen LogP contribution in [0, 0.1) is 13.8 Å². The number of hydrogen-bond acceptors (Lipinski definition) is 3. The van der Waals surface area contributed by atoms with Crippen molar-refractivity contribution >= 4 is 11.3 Å². The van der Waals surface area contributed by atoms with E-state index in [1.165, 1.54) is 16.0 Å². The van der Waals surface area contributed by atoms with Gasteiger partial charge in [-0.15, -0.1) is 11.3 Å². The maximum atomic E-state index is 5.61. The molecule has 0 spiro atoms. The quantitative estimate of drug-likeness (QED) is 0.883. The monoisotopic (exact) mass is 232 g/mol. The predicted octanol–water partition coefficient (Wildman–Crippen LogP) is 2.93. The Labute approximate surface area is 100 Å². The van der Waals surface area contributed by atoms with Gasteiger partial charge < -0.3 is 5.73 Å². The summed E-state index contributed by atoms with van der Waals surface area (Å²) in [6.07, 6.45) is 0.855. The Hall–Kier alpha value is -1.19. The van der Waals surface area contributed by atoms with E-state index in [2.05, 4.69) is 36.2 Å². The van der Waals surface area contributed by atoms with Crippen molar-refractivity contribution in [2.24, 2.45) is 5.73 Å². The van der Waals surface area contributed by atoms with Crippen molar-refractivity contribution in [3.05, 3.63) is 40.5 Å². The average Bonchev–Trinajstić information content (AvgIpc) is 2.61. The van der Waals surface area contributed by atoms with E-state index >= 15 is 0 Å². The molecule has 2 aromatic rings. The zero-order chi connectivity index (χ0) is 11.5. The first kappa shape index (κ1) is 11.3. The number of nitrogens with zero attached hydrogens (tertiary/aromatic N) is 1. The molecule has 0 saturated carbocycles. The molecule has 84 valence electrons. The molecular formula is C13H16N2S. The normalized spacial score (nSPS) is 10.7. The molecule has 3 heteroatoms. The fraction of sp³-hybridized carbons (Fsp3) is 0.308. The van der Waals surface area contributed by atoms with E-state index in [9.17, 15) is 0 Å². The summed E-state index contributed by atoms with van der Waals surface area (Å²) in [5, 5.41) is 1.11. The van der Waals surface area contributed by atoms with Gasteiger partial charge in [-0.05, 0) is 26.0 Å². The molecule has 2 nitrogen and oxygen atoms in total. The van der Waals surface area contributed by atoms with Crippen molar-refractivity contribution in [2.45, 2.75) is 20.3 Å². The minimum absolute atomic E-state index is 0.655. The molecule has 2 N–H and O–H groups in total. The zero-order valence-electron chi connectivity index (χ0n) is 9.66. The van der Waals surface area contributed by atoms with Crippen LogP contribution in [0.5, 0.6) is 0 Å². The molecule has 0 amide bonds. The number of thiazole rings is 1. The molecule has 1 heterocycles. The molecule has 1 aromatic heterocycles. The Kier molecular flexibility index (Phi) is 3.36. The lowest BCUT2D eigenvalue weighted by Gasteiger charge is -2.01. The Morgan fingerprint density at radius 2 is 1.88 bits per heavy atom. The minimum Gasteiger partial charge on any atom is -0.330 e. The molecule has 0 aliphatic carbocycles. The van der Waals surface area contributed by atoms with Crippen LogP contribution in [0.3, 0.4) is 0 Å². The summed E-state index contributed by atoms with van der Waals surface area (Å²) in [4.78, 5) is 5.80. The first-order valence-electron chi connectivity index (χ1n) is 5.44. The van der Waals surface area contributed by atoms with Gasteiger partial charge in [0.1, 0.15) is 0 Å². The van der Waals surface area contributed by atoms with Crippen molar-refractivity contribution in [2.75, 3.05) is 6.54 Å². The molecule has 0 aliphatic rings. The molecular weight excluding hydrogens is 216 g/mol. The second-order valence-corrected chi connectivity index (χ2v) is 5.12. The molecule has 0 aliphatic heterocycles. The minimum atomic E-state index is 0.655. The molecule has 16 heavy (non-hydrogen) atoms. The van der Waals surface area contributed by atoms with Crippen LogP contribution in [0.2, 0.25) is 0 Å². The summed E-state index contributed by atoms with van der Waals surface area (Å²) >= 11 is 1.75. The third-order valence-electron chi connectivity index (χ3n) is 2.50. The van der Waals surface area contributed by atoms with E-state index in [4.69, 9.17) is 5.73 Å². The number of hydrogen-bond donors (Lipinski definition) is 1. The van der Waals surface area contributed by atoms with Crippen molar-refractivity contribution in [1.29, 1.82) is 0 Å². The first-order valence-corrected chi connectivity index (χ1v) is 6.26. The van der Waals surface area contributed by atoms with Crippen LogP contribution in [0.15, 0.2) is 24.3 Å². The van der Waals surface area contributed by atoms with Gasteiger partial charge in [0.05, 0.1) is 15.6 Å². The summed E-state index contributed by atoms with van der Waals surface area (Å²) in [6, 6.07) is 8.58. The van der Waals surface area contributed by atoms with Crippen LogP contribution >= 0.6 is 11.3 Å². The molecule has 0 unspecified atom stereocenters. The summed E-state index contributed by atoms with van der Waals surface area (Å²) in [6.45, 7) is 4.80. The van der Waals surface area contributed by atoms with Crippen LogP contribution in [0.4, 0.5) is 0 Å². The highest BCUT2D eigenvalue weighted by Gasteiger charge is 2.09. The first-order chi connectivity index (χ1) is 7.70. The Bertz CT molecular complexity index is 471. The highest BCUT2D eigenvalue weighted by molar-refractivity contribution is 7.15. The van der Waals surface area contributed by atoms with E-state index in [0.29, 0.717) is 6.54 Å². The van der Waals surface area contributed by atoms with Crippen LogP contribution in [0.1, 0.15) is 16.3 Å². The highest BCUT2D eigenvalue weighted by atomic mass is 32.1. The van der Waals surface area contributed by atoms with E-state index in [1.54, 1.807) is 11.3 Å². The Balaban J connectivity index is 2.42. The largest absolute Gasteiger partial charge is 0.330 e. The zero-order valence-corrected chi connectivity index (χ0v) is 10.5. The Morgan fingerprint density at radius 1 is 1.19 bits per heavy atom. The molecule has 0 bridgehead atoms. The number of aromatic nitrogens is 1. The predicted molar refractivity (Wildman–Crippen MR) is 69.8 cm³/mol. The maximum Gasteiger partial charge on any atom is 0.0903 e. The summed E-state index contributed by atoms with van der Waals surface area (Å²) in [5.41, 5.74) is 9.27. The number of nitrogens with two attached hydrogens (primary N) is 1. The SMILES string of the molecule is Cc1ccc(-c2sc(C)nc2CCN)cc1. The third-order valence-corrected chi connectivity index (χ3v) is 3.56. The molecule has 0 atom stereocenters. The van der Waals surface area contributed by atoms with Crippen LogP contribution < -0.4 is 5.73 Å². The van der Waals surface area contributed by atoms with Gasteiger partial charge in [0.25, 0.3) is 0 Å². The Morgan fingerprint density at radius 3 is 2.50 bits per heavy atom. The van der Waals surface area contributed by atoms with E-state index in [1.807, 2.05) is 6.92 Å². The van der Waals surface area contributed by atoms with Crippen molar-refractivity contribution < 1.29 is 0 Å². The fourth-order valence-corrected chi connectivity index (χ4v) is 2.68. The second kappa shape index (κ2) is 4.76. The van der Waals surface area contributed by atoms with Gasteiger partial charge in [-0.1, -0.05) is 29.8 Å². The second-order valence-electron chi connectivity index (χ2n) is 3.91. The molecule has 1 aromatic carbocycles. The standard InChI is InChI=1S/C13H16N2S/c1-9-3-5-11(6-4-9)13-12(7-8-14)15-10(2)16-13/h3-6H,7-8,14H2,1-2H3. The maximum absolute atomic E-state index is 5.61. The lowest BCUT2D eigenvalue weighted by atomic mass is 10.1. The van der Waals surface area contributed by atoms with Gasteiger partial charge in [-0.2, -0.15) is 0 Å². The van der Waals surface area contributed by atoms with Gasteiger partial charge in [-0.3, -0.25) is 0 Å². The lowest BCUT2D eigenvalue weighted by molar-refractivity contribution is 0.931. The average molecular weight is 232 g/mol. The number of aryl methyl sites for hydroxylation is 2. The van der Waals surface area contributed by atoms with E-state index in [0.717, 1.165) is 17.1 Å². The fourth-order valence-electron chi connectivity index (χ4n) is 1.71. The topological polar surface area (TPSA) is 38.9 Å². The molecule has 0 saturated heterocycles. The smallest absolute Gasteiger partial charge is 0.0903 e. The summed E-state index contributed by atoms with van der Waals surface area (Å²) < 4.78 is 0. The van der Waals surface area contributed by atoms with Crippen LogP contribution in [0.25, 0.3) is 10.4 Å². The summed E-state index contributed by atoms with van der Waals surface area (Å²) in [7, 11) is 0. The van der Waals surface area contributed by atoms with Crippen molar-refractivity contribution in [1.82, 2.24) is 4.98 Å². The molecule has 2 rings (SSSR count).